The minimum absolute atomic E-state index is 0.264. The van der Waals surface area contributed by atoms with Gasteiger partial charge in [-0.05, 0) is 30.3 Å². The van der Waals surface area contributed by atoms with Gasteiger partial charge in [0.1, 0.15) is 12.4 Å². The molecule has 0 aliphatic rings. The zero-order valence-corrected chi connectivity index (χ0v) is 13.6. The zero-order chi connectivity index (χ0) is 16.7. The second-order valence-corrected chi connectivity index (χ2v) is 5.30. The summed E-state index contributed by atoms with van der Waals surface area (Å²) >= 11 is 11.8. The van der Waals surface area contributed by atoms with Crippen molar-refractivity contribution in [2.75, 3.05) is 6.61 Å². The number of carbonyl (C=O) groups is 1. The van der Waals surface area contributed by atoms with Gasteiger partial charge in [0.25, 0.3) is 5.91 Å². The Hall–Kier alpha value is -2.30. The van der Waals surface area contributed by atoms with Gasteiger partial charge in [0.05, 0.1) is 16.8 Å². The van der Waals surface area contributed by atoms with E-state index in [9.17, 15) is 4.79 Å². The van der Waals surface area contributed by atoms with Gasteiger partial charge in [0, 0.05) is 10.6 Å². The largest absolute Gasteiger partial charge is 0.489 e. The van der Waals surface area contributed by atoms with E-state index in [4.69, 9.17) is 27.9 Å². The van der Waals surface area contributed by atoms with Gasteiger partial charge in [-0.25, -0.2) is 5.43 Å². The van der Waals surface area contributed by atoms with Crippen molar-refractivity contribution in [2.45, 2.75) is 0 Å². The van der Waals surface area contributed by atoms with Gasteiger partial charge in [-0.1, -0.05) is 48.0 Å². The van der Waals surface area contributed by atoms with E-state index in [1.807, 2.05) is 24.3 Å². The van der Waals surface area contributed by atoms with E-state index in [-0.39, 0.29) is 5.02 Å². The van der Waals surface area contributed by atoms with Crippen LogP contribution in [0.5, 0.6) is 5.75 Å². The number of hydrogen-bond donors (Lipinski definition) is 1. The van der Waals surface area contributed by atoms with Gasteiger partial charge in [0.2, 0.25) is 0 Å². The molecule has 6 heteroatoms. The highest BCUT2D eigenvalue weighted by Crippen LogP contribution is 2.21. The Labute approximate surface area is 144 Å². The lowest BCUT2D eigenvalue weighted by molar-refractivity contribution is 0.0955. The molecule has 2 aromatic carbocycles. The Morgan fingerprint density at radius 1 is 1.26 bits per heavy atom. The van der Waals surface area contributed by atoms with Crippen LogP contribution in [0.3, 0.4) is 0 Å². The Kier molecular flexibility index (Phi) is 6.20. The molecule has 2 aromatic rings. The Morgan fingerprint density at radius 2 is 2.04 bits per heavy atom. The van der Waals surface area contributed by atoms with Crippen LogP contribution in [0.4, 0.5) is 0 Å². The third-order valence-electron chi connectivity index (χ3n) is 2.82. The van der Waals surface area contributed by atoms with Crippen molar-refractivity contribution in [1.82, 2.24) is 5.43 Å². The van der Waals surface area contributed by atoms with Crippen LogP contribution in [-0.4, -0.2) is 18.7 Å². The molecule has 118 valence electrons. The molecule has 0 aliphatic carbocycles. The molecule has 0 aromatic heterocycles. The first-order valence-electron chi connectivity index (χ1n) is 6.73. The van der Waals surface area contributed by atoms with E-state index in [0.717, 1.165) is 5.56 Å². The molecule has 0 saturated carbocycles. The van der Waals surface area contributed by atoms with Crippen molar-refractivity contribution in [2.24, 2.45) is 5.10 Å². The van der Waals surface area contributed by atoms with E-state index in [2.05, 4.69) is 17.1 Å². The molecular weight excluding hydrogens is 335 g/mol. The highest BCUT2D eigenvalue weighted by molar-refractivity contribution is 6.36. The average molecular weight is 349 g/mol. The SMILES string of the molecule is C=CCOc1ccccc1C=NNC(=O)c1ccc(Cl)cc1Cl. The minimum Gasteiger partial charge on any atom is -0.489 e. The molecule has 0 radical (unpaired) electrons. The lowest BCUT2D eigenvalue weighted by Crippen LogP contribution is -2.18. The number of hydrogen-bond acceptors (Lipinski definition) is 3. The van der Waals surface area contributed by atoms with Crippen LogP contribution in [-0.2, 0) is 0 Å². The van der Waals surface area contributed by atoms with Crippen molar-refractivity contribution in [3.8, 4) is 5.75 Å². The molecule has 0 unspecified atom stereocenters. The number of rotatable bonds is 6. The Bertz CT molecular complexity index is 745. The zero-order valence-electron chi connectivity index (χ0n) is 12.1. The number of halogens is 2. The Morgan fingerprint density at radius 3 is 2.78 bits per heavy atom. The molecule has 0 bridgehead atoms. The van der Waals surface area contributed by atoms with E-state index in [0.29, 0.717) is 22.9 Å². The van der Waals surface area contributed by atoms with Crippen LogP contribution in [0.15, 0.2) is 60.2 Å². The second kappa shape index (κ2) is 8.36. The van der Waals surface area contributed by atoms with E-state index in [1.54, 1.807) is 12.1 Å². The van der Waals surface area contributed by atoms with Crippen LogP contribution < -0.4 is 10.2 Å². The summed E-state index contributed by atoms with van der Waals surface area (Å²) in [6.07, 6.45) is 3.15. The summed E-state index contributed by atoms with van der Waals surface area (Å²) in [5, 5.41) is 4.65. The maximum atomic E-state index is 12.0. The number of amides is 1. The minimum atomic E-state index is -0.424. The summed E-state index contributed by atoms with van der Waals surface area (Å²) in [5.74, 6) is 0.224. The van der Waals surface area contributed by atoms with Crippen LogP contribution in [0.25, 0.3) is 0 Å². The van der Waals surface area contributed by atoms with Gasteiger partial charge in [0.15, 0.2) is 0 Å². The van der Waals surface area contributed by atoms with Crippen LogP contribution in [0.1, 0.15) is 15.9 Å². The molecule has 0 heterocycles. The maximum Gasteiger partial charge on any atom is 0.272 e. The summed E-state index contributed by atoms with van der Waals surface area (Å²) in [6.45, 7) is 3.99. The highest BCUT2D eigenvalue weighted by Gasteiger charge is 2.09. The second-order valence-electron chi connectivity index (χ2n) is 4.46. The third kappa shape index (κ3) is 4.84. The number of para-hydroxylation sites is 1. The monoisotopic (exact) mass is 348 g/mol. The summed E-state index contributed by atoms with van der Waals surface area (Å²) in [5.41, 5.74) is 3.45. The number of hydrazone groups is 1. The third-order valence-corrected chi connectivity index (χ3v) is 3.37. The summed E-state index contributed by atoms with van der Waals surface area (Å²) in [4.78, 5) is 12.0. The van der Waals surface area contributed by atoms with Crippen LogP contribution in [0, 0.1) is 0 Å². The highest BCUT2D eigenvalue weighted by atomic mass is 35.5. The summed E-state index contributed by atoms with van der Waals surface area (Å²) < 4.78 is 5.50. The average Bonchev–Trinajstić information content (AvgIpc) is 2.53. The van der Waals surface area contributed by atoms with Gasteiger partial charge in [-0.3, -0.25) is 4.79 Å². The molecule has 0 atom stereocenters. The first kappa shape index (κ1) is 17.1. The molecule has 0 spiro atoms. The van der Waals surface area contributed by atoms with E-state index in [1.165, 1.54) is 18.3 Å². The summed E-state index contributed by atoms with van der Waals surface area (Å²) in [7, 11) is 0. The molecule has 4 nitrogen and oxygen atoms in total. The quantitative estimate of drug-likeness (QED) is 0.480. The molecule has 23 heavy (non-hydrogen) atoms. The van der Waals surface area contributed by atoms with Crippen molar-refractivity contribution in [3.63, 3.8) is 0 Å². The van der Waals surface area contributed by atoms with Gasteiger partial charge >= 0.3 is 0 Å². The molecule has 1 N–H and O–H groups in total. The van der Waals surface area contributed by atoms with Gasteiger partial charge in [-0.2, -0.15) is 5.10 Å². The lowest BCUT2D eigenvalue weighted by atomic mass is 10.2. The maximum absolute atomic E-state index is 12.0. The van der Waals surface area contributed by atoms with Crippen LogP contribution >= 0.6 is 23.2 Å². The van der Waals surface area contributed by atoms with Crippen LogP contribution in [0.2, 0.25) is 10.0 Å². The first-order valence-corrected chi connectivity index (χ1v) is 7.48. The van der Waals surface area contributed by atoms with Crippen molar-refractivity contribution in [1.29, 1.82) is 0 Å². The van der Waals surface area contributed by atoms with Crippen molar-refractivity contribution < 1.29 is 9.53 Å². The molecule has 2 rings (SSSR count). The number of ether oxygens (including phenoxy) is 1. The Balaban J connectivity index is 2.06. The fraction of sp³-hybridized carbons (Fsp3) is 0.0588. The van der Waals surface area contributed by atoms with Gasteiger partial charge < -0.3 is 4.74 Å². The first-order chi connectivity index (χ1) is 11.1. The number of carbonyl (C=O) groups excluding carboxylic acids is 1. The standard InChI is InChI=1S/C17H14Cl2N2O2/c1-2-9-23-16-6-4-3-5-12(16)11-20-21-17(22)14-8-7-13(18)10-15(14)19/h2-8,10-11H,1,9H2,(H,21,22). The van der Waals surface area contributed by atoms with E-state index >= 15 is 0 Å². The number of nitrogens with one attached hydrogen (secondary N) is 1. The fourth-order valence-corrected chi connectivity index (χ4v) is 2.26. The fourth-order valence-electron chi connectivity index (χ4n) is 1.76. The summed E-state index contributed by atoms with van der Waals surface area (Å²) in [6, 6.07) is 12.0. The van der Waals surface area contributed by atoms with Crippen molar-refractivity contribution in [3.05, 3.63) is 76.3 Å². The molecule has 1 amide bonds. The molecule has 0 aliphatic heterocycles. The van der Waals surface area contributed by atoms with Gasteiger partial charge in [-0.15, -0.1) is 0 Å². The molecular formula is C17H14Cl2N2O2. The molecule has 0 saturated heterocycles. The molecule has 0 fully saturated rings. The lowest BCUT2D eigenvalue weighted by Gasteiger charge is -2.06. The van der Waals surface area contributed by atoms with E-state index < -0.39 is 5.91 Å². The normalized spacial score (nSPS) is 10.5. The smallest absolute Gasteiger partial charge is 0.272 e. The predicted octanol–water partition coefficient (Wildman–Crippen LogP) is 4.32. The predicted molar refractivity (Wildman–Crippen MR) is 93.7 cm³/mol. The number of nitrogens with zero attached hydrogens (tertiary/aromatic N) is 1. The number of benzene rings is 2. The van der Waals surface area contributed by atoms with Crippen molar-refractivity contribution >= 4 is 35.3 Å². The topological polar surface area (TPSA) is 50.7 Å².